The van der Waals surface area contributed by atoms with Crippen LogP contribution < -0.4 is 10.2 Å². The van der Waals surface area contributed by atoms with Gasteiger partial charge in [0.05, 0.1) is 23.6 Å². The summed E-state index contributed by atoms with van der Waals surface area (Å²) in [6.07, 6.45) is -3.84. The molecular weight excluding hydrogens is 369 g/mol. The highest BCUT2D eigenvalue weighted by molar-refractivity contribution is 5.81. The van der Waals surface area contributed by atoms with Crippen LogP contribution in [-0.4, -0.2) is 30.7 Å². The number of halogens is 3. The number of carbonyl (C=O) groups excluding carboxylic acids is 1. The number of rotatable bonds is 5. The molecule has 0 radical (unpaired) electrons. The molecule has 0 aliphatic carbocycles. The van der Waals surface area contributed by atoms with Crippen LogP contribution in [-0.2, 0) is 16.5 Å². The SMILES string of the molecule is CC(CO)(NC(=O)C1CCN(c2ccccc2)C1)c1cccc(C(F)(F)F)c1. The van der Waals surface area contributed by atoms with Gasteiger partial charge in [0, 0.05) is 18.8 Å². The van der Waals surface area contributed by atoms with E-state index in [2.05, 4.69) is 10.2 Å². The number of aliphatic hydroxyl groups is 1. The average Bonchev–Trinajstić information content (AvgIpc) is 3.18. The van der Waals surface area contributed by atoms with E-state index in [9.17, 15) is 23.1 Å². The number of hydrogen-bond acceptors (Lipinski definition) is 3. The number of aliphatic hydroxyl groups excluding tert-OH is 1. The molecule has 2 unspecified atom stereocenters. The second-order valence-electron chi connectivity index (χ2n) is 7.33. The highest BCUT2D eigenvalue weighted by Crippen LogP contribution is 2.32. The fourth-order valence-corrected chi connectivity index (χ4v) is 3.46. The lowest BCUT2D eigenvalue weighted by Crippen LogP contribution is -2.49. The molecule has 28 heavy (non-hydrogen) atoms. The maximum Gasteiger partial charge on any atom is 0.416 e. The van der Waals surface area contributed by atoms with Crippen LogP contribution in [0.2, 0.25) is 0 Å². The predicted molar refractivity (Wildman–Crippen MR) is 101 cm³/mol. The molecule has 4 nitrogen and oxygen atoms in total. The molecule has 2 aromatic rings. The largest absolute Gasteiger partial charge is 0.416 e. The highest BCUT2D eigenvalue weighted by atomic mass is 19.4. The third-order valence-corrected chi connectivity index (χ3v) is 5.22. The van der Waals surface area contributed by atoms with Crippen molar-refractivity contribution in [1.29, 1.82) is 0 Å². The Hall–Kier alpha value is -2.54. The number of anilines is 1. The molecule has 1 aliphatic rings. The summed E-state index contributed by atoms with van der Waals surface area (Å²) in [6.45, 7) is 2.28. The quantitative estimate of drug-likeness (QED) is 0.818. The molecule has 1 amide bonds. The number of benzene rings is 2. The molecule has 0 bridgehead atoms. The van der Waals surface area contributed by atoms with Gasteiger partial charge in [0.1, 0.15) is 0 Å². The molecule has 7 heteroatoms. The topological polar surface area (TPSA) is 52.6 Å². The third-order valence-electron chi connectivity index (χ3n) is 5.22. The minimum absolute atomic E-state index is 0.219. The first-order valence-corrected chi connectivity index (χ1v) is 9.13. The first kappa shape index (κ1) is 20.2. The van der Waals surface area contributed by atoms with Gasteiger partial charge >= 0.3 is 6.18 Å². The van der Waals surface area contributed by atoms with Gasteiger partial charge < -0.3 is 15.3 Å². The van der Waals surface area contributed by atoms with Crippen LogP contribution in [0.3, 0.4) is 0 Å². The van der Waals surface area contributed by atoms with E-state index >= 15 is 0 Å². The van der Waals surface area contributed by atoms with Crippen molar-refractivity contribution in [3.63, 3.8) is 0 Å². The molecule has 3 rings (SSSR count). The molecule has 1 fully saturated rings. The second-order valence-corrected chi connectivity index (χ2v) is 7.33. The van der Waals surface area contributed by atoms with Gasteiger partial charge in [0.25, 0.3) is 0 Å². The summed E-state index contributed by atoms with van der Waals surface area (Å²) < 4.78 is 39.1. The van der Waals surface area contributed by atoms with Crippen molar-refractivity contribution >= 4 is 11.6 Å². The molecule has 0 saturated carbocycles. The predicted octanol–water partition coefficient (Wildman–Crippen LogP) is 3.56. The Labute approximate surface area is 162 Å². The van der Waals surface area contributed by atoms with E-state index < -0.39 is 23.9 Å². The highest BCUT2D eigenvalue weighted by Gasteiger charge is 2.36. The van der Waals surface area contributed by atoms with E-state index in [1.54, 1.807) is 0 Å². The van der Waals surface area contributed by atoms with E-state index in [-0.39, 0.29) is 17.4 Å². The molecule has 1 saturated heterocycles. The van der Waals surface area contributed by atoms with Gasteiger partial charge in [0.15, 0.2) is 0 Å². The van der Waals surface area contributed by atoms with Crippen molar-refractivity contribution in [2.45, 2.75) is 25.1 Å². The molecule has 2 N–H and O–H groups in total. The zero-order chi connectivity index (χ0) is 20.4. The fourth-order valence-electron chi connectivity index (χ4n) is 3.46. The van der Waals surface area contributed by atoms with E-state index in [1.807, 2.05) is 30.3 Å². The molecule has 1 aliphatic heterocycles. The van der Waals surface area contributed by atoms with Crippen molar-refractivity contribution in [3.8, 4) is 0 Å². The summed E-state index contributed by atoms with van der Waals surface area (Å²) >= 11 is 0. The Kier molecular flexibility index (Phi) is 5.65. The standard InChI is InChI=1S/C21H23F3N2O2/c1-20(14-27,16-6-5-7-17(12-16)21(22,23)24)25-19(28)15-10-11-26(13-15)18-8-3-2-4-9-18/h2-9,12,15,27H,10-11,13-14H2,1H3,(H,25,28). The molecular formula is C21H23F3N2O2. The first-order chi connectivity index (χ1) is 13.2. The van der Waals surface area contributed by atoms with Crippen LogP contribution in [0.1, 0.15) is 24.5 Å². The Morgan fingerprint density at radius 3 is 2.46 bits per heavy atom. The summed E-state index contributed by atoms with van der Waals surface area (Å²) in [5.74, 6) is -0.565. The molecule has 0 spiro atoms. The summed E-state index contributed by atoms with van der Waals surface area (Å²) in [7, 11) is 0. The summed E-state index contributed by atoms with van der Waals surface area (Å²) in [5, 5.41) is 12.6. The number of nitrogens with zero attached hydrogens (tertiary/aromatic N) is 1. The summed E-state index contributed by atoms with van der Waals surface area (Å²) in [5.41, 5.74) is -0.856. The van der Waals surface area contributed by atoms with Crippen molar-refractivity contribution in [3.05, 3.63) is 65.7 Å². The monoisotopic (exact) mass is 392 g/mol. The lowest BCUT2D eigenvalue weighted by molar-refractivity contribution is -0.137. The van der Waals surface area contributed by atoms with Crippen LogP contribution >= 0.6 is 0 Å². The number of hydrogen-bond donors (Lipinski definition) is 2. The summed E-state index contributed by atoms with van der Waals surface area (Å²) in [6, 6.07) is 14.4. The number of carbonyl (C=O) groups is 1. The molecule has 2 atom stereocenters. The van der Waals surface area contributed by atoms with Gasteiger partial charge in [0.2, 0.25) is 5.91 Å². The van der Waals surface area contributed by atoms with Crippen LogP contribution in [0.5, 0.6) is 0 Å². The van der Waals surface area contributed by atoms with Crippen LogP contribution in [0.4, 0.5) is 18.9 Å². The van der Waals surface area contributed by atoms with Crippen molar-refractivity contribution < 1.29 is 23.1 Å². The first-order valence-electron chi connectivity index (χ1n) is 9.13. The third kappa shape index (κ3) is 4.30. The minimum atomic E-state index is -4.49. The number of amides is 1. The van der Waals surface area contributed by atoms with E-state index in [4.69, 9.17) is 0 Å². The Morgan fingerprint density at radius 1 is 1.14 bits per heavy atom. The van der Waals surface area contributed by atoms with E-state index in [0.29, 0.717) is 13.0 Å². The van der Waals surface area contributed by atoms with Crippen molar-refractivity contribution in [2.24, 2.45) is 5.92 Å². The summed E-state index contributed by atoms with van der Waals surface area (Å²) in [4.78, 5) is 14.9. The van der Waals surface area contributed by atoms with Gasteiger partial charge in [-0.3, -0.25) is 4.79 Å². The Balaban J connectivity index is 1.73. The fraction of sp³-hybridized carbons (Fsp3) is 0.381. The lowest BCUT2D eigenvalue weighted by Gasteiger charge is -2.31. The van der Waals surface area contributed by atoms with Crippen LogP contribution in [0.25, 0.3) is 0 Å². The van der Waals surface area contributed by atoms with Crippen molar-refractivity contribution in [2.75, 3.05) is 24.6 Å². The smallest absolute Gasteiger partial charge is 0.394 e. The Bertz CT molecular complexity index is 826. The van der Waals surface area contributed by atoms with Gasteiger partial charge in [-0.15, -0.1) is 0 Å². The van der Waals surface area contributed by atoms with Gasteiger partial charge in [-0.05, 0) is 43.2 Å². The van der Waals surface area contributed by atoms with Crippen LogP contribution in [0.15, 0.2) is 54.6 Å². The molecule has 150 valence electrons. The zero-order valence-corrected chi connectivity index (χ0v) is 15.5. The maximum absolute atomic E-state index is 13.0. The van der Waals surface area contributed by atoms with E-state index in [0.717, 1.165) is 24.4 Å². The number of para-hydroxylation sites is 1. The van der Waals surface area contributed by atoms with Crippen molar-refractivity contribution in [1.82, 2.24) is 5.32 Å². The van der Waals surface area contributed by atoms with Gasteiger partial charge in [-0.25, -0.2) is 0 Å². The van der Waals surface area contributed by atoms with Gasteiger partial charge in [-0.1, -0.05) is 30.3 Å². The van der Waals surface area contributed by atoms with Crippen LogP contribution in [0, 0.1) is 5.92 Å². The van der Waals surface area contributed by atoms with E-state index in [1.165, 1.54) is 19.1 Å². The minimum Gasteiger partial charge on any atom is -0.394 e. The molecule has 1 heterocycles. The normalized spacial score (nSPS) is 19.3. The zero-order valence-electron chi connectivity index (χ0n) is 15.5. The lowest BCUT2D eigenvalue weighted by atomic mass is 9.90. The molecule has 2 aromatic carbocycles. The average molecular weight is 392 g/mol. The number of alkyl halides is 3. The number of nitrogens with one attached hydrogen (secondary N) is 1. The molecule has 0 aromatic heterocycles. The second kappa shape index (κ2) is 7.83. The van der Waals surface area contributed by atoms with Gasteiger partial charge in [-0.2, -0.15) is 13.2 Å². The Morgan fingerprint density at radius 2 is 1.82 bits per heavy atom. The maximum atomic E-state index is 13.0.